The van der Waals surface area contributed by atoms with Gasteiger partial charge in [0.1, 0.15) is 9.88 Å². The number of hydrogen-bond acceptors (Lipinski definition) is 6. The summed E-state index contributed by atoms with van der Waals surface area (Å²) < 4.78 is 16.2. The molecule has 4 rings (SSSR count). The normalized spacial score (nSPS) is 10.5. The Kier molecular flexibility index (Phi) is 6.37. The number of ether oxygens (including phenoxy) is 3. The van der Waals surface area contributed by atoms with E-state index >= 15 is 0 Å². The van der Waals surface area contributed by atoms with Gasteiger partial charge in [-0.1, -0.05) is 60.7 Å². The maximum Gasteiger partial charge on any atom is 0.268 e. The summed E-state index contributed by atoms with van der Waals surface area (Å²) in [5.74, 6) is 1.11. The molecule has 6 nitrogen and oxygen atoms in total. The number of benzene rings is 3. The minimum atomic E-state index is -0.266. The molecule has 7 heteroatoms. The van der Waals surface area contributed by atoms with Crippen LogP contribution in [0.25, 0.3) is 21.8 Å². The van der Waals surface area contributed by atoms with E-state index < -0.39 is 0 Å². The van der Waals surface area contributed by atoms with Crippen molar-refractivity contribution in [2.24, 2.45) is 0 Å². The van der Waals surface area contributed by atoms with Crippen LogP contribution in [0.4, 0.5) is 5.69 Å². The zero-order valence-corrected chi connectivity index (χ0v) is 18.7. The van der Waals surface area contributed by atoms with Gasteiger partial charge >= 0.3 is 0 Å². The zero-order valence-electron chi connectivity index (χ0n) is 17.9. The first-order valence-corrected chi connectivity index (χ1v) is 10.7. The van der Waals surface area contributed by atoms with Crippen LogP contribution in [0.1, 0.15) is 9.67 Å². The van der Waals surface area contributed by atoms with Crippen molar-refractivity contribution in [2.45, 2.75) is 0 Å². The van der Waals surface area contributed by atoms with Crippen molar-refractivity contribution in [2.75, 3.05) is 26.6 Å². The topological polar surface area (TPSA) is 69.7 Å². The second-order valence-corrected chi connectivity index (χ2v) is 7.80. The molecule has 3 aromatic carbocycles. The van der Waals surface area contributed by atoms with Gasteiger partial charge in [0.25, 0.3) is 5.91 Å². The highest BCUT2D eigenvalue weighted by Gasteiger charge is 2.22. The number of nitrogens with one attached hydrogen (secondary N) is 1. The van der Waals surface area contributed by atoms with Crippen molar-refractivity contribution in [3.8, 4) is 39.1 Å². The molecule has 1 N–H and O–H groups in total. The summed E-state index contributed by atoms with van der Waals surface area (Å²) in [6, 6.07) is 22.9. The van der Waals surface area contributed by atoms with E-state index in [1.54, 1.807) is 12.1 Å². The Balaban J connectivity index is 1.74. The Morgan fingerprint density at radius 1 is 0.812 bits per heavy atom. The van der Waals surface area contributed by atoms with Gasteiger partial charge in [-0.15, -0.1) is 11.3 Å². The Labute approximate surface area is 190 Å². The largest absolute Gasteiger partial charge is 0.493 e. The van der Waals surface area contributed by atoms with Gasteiger partial charge in [0.2, 0.25) is 5.75 Å². The summed E-state index contributed by atoms with van der Waals surface area (Å²) in [7, 11) is 4.60. The van der Waals surface area contributed by atoms with Crippen LogP contribution in [-0.2, 0) is 0 Å². The molecule has 1 aromatic heterocycles. The molecule has 0 fully saturated rings. The first-order chi connectivity index (χ1) is 15.6. The molecular weight excluding hydrogens is 424 g/mol. The quantitative estimate of drug-likeness (QED) is 0.391. The van der Waals surface area contributed by atoms with Gasteiger partial charge in [0, 0.05) is 28.9 Å². The zero-order chi connectivity index (χ0) is 22.5. The van der Waals surface area contributed by atoms with Crippen molar-refractivity contribution in [3.63, 3.8) is 0 Å². The molecule has 162 valence electrons. The van der Waals surface area contributed by atoms with Crippen molar-refractivity contribution in [3.05, 3.63) is 77.7 Å². The van der Waals surface area contributed by atoms with Gasteiger partial charge in [-0.2, -0.15) is 0 Å². The number of methoxy groups -OCH3 is 3. The van der Waals surface area contributed by atoms with Gasteiger partial charge in [0.05, 0.1) is 27.0 Å². The smallest absolute Gasteiger partial charge is 0.268 e. The van der Waals surface area contributed by atoms with Crippen LogP contribution in [0.5, 0.6) is 17.2 Å². The molecule has 0 saturated carbocycles. The van der Waals surface area contributed by atoms with Crippen molar-refractivity contribution in [1.82, 2.24) is 4.98 Å². The summed E-state index contributed by atoms with van der Waals surface area (Å²) in [4.78, 5) is 18.7. The summed E-state index contributed by atoms with van der Waals surface area (Å²) in [5, 5.41) is 3.73. The van der Waals surface area contributed by atoms with Crippen LogP contribution in [0.3, 0.4) is 0 Å². The number of carbonyl (C=O) groups is 1. The first kappa shape index (κ1) is 21.4. The summed E-state index contributed by atoms with van der Waals surface area (Å²) in [6.07, 6.45) is 0. The predicted molar refractivity (Wildman–Crippen MR) is 127 cm³/mol. The molecule has 0 aliphatic carbocycles. The number of anilines is 1. The van der Waals surface area contributed by atoms with Crippen LogP contribution in [0.15, 0.2) is 72.8 Å². The van der Waals surface area contributed by atoms with Gasteiger partial charge in [0.15, 0.2) is 11.5 Å². The second kappa shape index (κ2) is 9.53. The number of aromatic nitrogens is 1. The molecule has 4 aromatic rings. The third kappa shape index (κ3) is 4.29. The number of thiazole rings is 1. The Hall–Kier alpha value is -3.84. The molecule has 0 aliphatic rings. The highest BCUT2D eigenvalue weighted by atomic mass is 32.1. The van der Waals surface area contributed by atoms with E-state index in [1.807, 2.05) is 60.7 Å². The van der Waals surface area contributed by atoms with Crippen LogP contribution in [0, 0.1) is 0 Å². The minimum absolute atomic E-state index is 0.266. The van der Waals surface area contributed by atoms with Gasteiger partial charge in [-0.25, -0.2) is 4.98 Å². The number of amides is 1. The van der Waals surface area contributed by atoms with Crippen LogP contribution >= 0.6 is 11.3 Å². The van der Waals surface area contributed by atoms with E-state index in [-0.39, 0.29) is 5.91 Å². The predicted octanol–water partition coefficient (Wildman–Crippen LogP) is 5.76. The number of carbonyl (C=O) groups excluding carboxylic acids is 1. The van der Waals surface area contributed by atoms with E-state index in [2.05, 4.69) is 5.32 Å². The molecule has 0 atom stereocenters. The van der Waals surface area contributed by atoms with Gasteiger partial charge in [-0.05, 0) is 0 Å². The van der Waals surface area contributed by atoms with E-state index in [0.29, 0.717) is 33.5 Å². The molecule has 0 aliphatic heterocycles. The lowest BCUT2D eigenvalue weighted by molar-refractivity contribution is 0.103. The molecule has 1 heterocycles. The molecular formula is C25H22N2O4S. The average Bonchev–Trinajstić information content (AvgIpc) is 3.30. The Bertz CT molecular complexity index is 1200. The van der Waals surface area contributed by atoms with Crippen molar-refractivity contribution >= 4 is 22.9 Å². The Morgan fingerprint density at radius 3 is 1.91 bits per heavy atom. The molecule has 0 saturated heterocycles. The van der Waals surface area contributed by atoms with Crippen LogP contribution in [-0.4, -0.2) is 32.2 Å². The van der Waals surface area contributed by atoms with E-state index in [0.717, 1.165) is 16.1 Å². The summed E-state index contributed by atoms with van der Waals surface area (Å²) in [5.41, 5.74) is 3.00. The Morgan fingerprint density at radius 2 is 1.38 bits per heavy atom. The van der Waals surface area contributed by atoms with E-state index in [4.69, 9.17) is 19.2 Å². The summed E-state index contributed by atoms with van der Waals surface area (Å²) >= 11 is 1.35. The number of hydrogen-bond donors (Lipinski definition) is 1. The third-order valence-electron chi connectivity index (χ3n) is 4.82. The van der Waals surface area contributed by atoms with E-state index in [1.165, 1.54) is 32.7 Å². The minimum Gasteiger partial charge on any atom is -0.493 e. The molecule has 0 bridgehead atoms. The highest BCUT2D eigenvalue weighted by molar-refractivity contribution is 7.17. The van der Waals surface area contributed by atoms with Crippen LogP contribution < -0.4 is 19.5 Å². The van der Waals surface area contributed by atoms with Crippen LogP contribution in [0.2, 0.25) is 0 Å². The SMILES string of the molecule is COc1cc(NC(=O)c2sc(-c3ccccc3)nc2-c2ccccc2)cc(OC)c1OC. The third-order valence-corrected chi connectivity index (χ3v) is 5.93. The monoisotopic (exact) mass is 446 g/mol. The van der Waals surface area contributed by atoms with E-state index in [9.17, 15) is 4.79 Å². The molecule has 0 spiro atoms. The second-order valence-electron chi connectivity index (χ2n) is 6.80. The summed E-state index contributed by atoms with van der Waals surface area (Å²) in [6.45, 7) is 0. The molecule has 32 heavy (non-hydrogen) atoms. The first-order valence-electron chi connectivity index (χ1n) is 9.87. The molecule has 0 unspecified atom stereocenters. The maximum absolute atomic E-state index is 13.4. The maximum atomic E-state index is 13.4. The number of rotatable bonds is 7. The molecule has 0 radical (unpaired) electrons. The fourth-order valence-electron chi connectivity index (χ4n) is 3.31. The van der Waals surface area contributed by atoms with Gasteiger partial charge in [-0.3, -0.25) is 4.79 Å². The lowest BCUT2D eigenvalue weighted by Crippen LogP contribution is -2.12. The number of nitrogens with zero attached hydrogens (tertiary/aromatic N) is 1. The fourth-order valence-corrected chi connectivity index (χ4v) is 4.30. The standard InChI is InChI=1S/C25H22N2O4S/c1-29-19-14-18(15-20(30-2)22(19)31-3)26-24(28)23-21(16-10-6-4-7-11-16)27-25(32-23)17-12-8-5-9-13-17/h4-15H,1-3H3,(H,26,28). The fraction of sp³-hybridized carbons (Fsp3) is 0.120. The average molecular weight is 447 g/mol. The van der Waals surface area contributed by atoms with Crippen molar-refractivity contribution in [1.29, 1.82) is 0 Å². The highest BCUT2D eigenvalue weighted by Crippen LogP contribution is 2.40. The molecule has 1 amide bonds. The lowest BCUT2D eigenvalue weighted by Gasteiger charge is -2.14. The lowest BCUT2D eigenvalue weighted by atomic mass is 10.1. The van der Waals surface area contributed by atoms with Gasteiger partial charge < -0.3 is 19.5 Å². The van der Waals surface area contributed by atoms with Crippen molar-refractivity contribution < 1.29 is 19.0 Å².